The van der Waals surface area contributed by atoms with Crippen LogP contribution in [0.3, 0.4) is 0 Å². The normalized spacial score (nSPS) is 12.8. The summed E-state index contributed by atoms with van der Waals surface area (Å²) < 4.78 is 16.7. The lowest BCUT2D eigenvalue weighted by atomic mass is 10.1. The Hall–Kier alpha value is -3.41. The first-order valence-electron chi connectivity index (χ1n) is 25.1. The van der Waals surface area contributed by atoms with Crippen LogP contribution in [-0.4, -0.2) is 37.2 Å². The summed E-state index contributed by atoms with van der Waals surface area (Å²) in [6.45, 7) is 6.42. The molecule has 0 heterocycles. The molecule has 0 saturated heterocycles. The van der Waals surface area contributed by atoms with Crippen LogP contribution in [0.15, 0.2) is 85.1 Å². The van der Waals surface area contributed by atoms with E-state index in [9.17, 15) is 14.4 Å². The number of hydrogen-bond acceptors (Lipinski definition) is 6. The number of hydrogen-bond donors (Lipinski definition) is 0. The standard InChI is InChI=1S/C55H92O6/c1-4-7-10-13-16-19-22-24-26-28-30-31-33-36-39-42-45-48-54(57)60-51-52(50-59-53(56)47-44-41-38-35-21-18-15-12-9-6-3)61-55(58)49-46-43-40-37-34-32-29-27-25-23-20-17-14-11-8-5-2/h7,10,16,19,24,26-27,29-32,34,36,39,52H,4-6,8-9,11-15,17-18,20-23,25,28,33,35,37-38,40-51H2,1-3H3/b10-7-,19-16-,26-24-,29-27-,31-30-,34-32-,39-36-. The SMILES string of the molecule is CC/C=C\C/C=C\C/C=C\C/C=C\C/C=C\CCCC(=O)OCC(COC(=O)CCCCCCCCCCCC)OC(=O)CCCCC/C=C\C=C/CCCCCCCCC. The van der Waals surface area contributed by atoms with Gasteiger partial charge in [0.05, 0.1) is 0 Å². The Balaban J connectivity index is 4.50. The van der Waals surface area contributed by atoms with Gasteiger partial charge in [0.25, 0.3) is 0 Å². The minimum atomic E-state index is -0.810. The third-order valence-corrected chi connectivity index (χ3v) is 10.4. The quantitative estimate of drug-likeness (QED) is 0.0200. The van der Waals surface area contributed by atoms with Crippen LogP contribution in [-0.2, 0) is 28.6 Å². The van der Waals surface area contributed by atoms with E-state index in [4.69, 9.17) is 14.2 Å². The van der Waals surface area contributed by atoms with E-state index in [1.165, 1.54) is 89.9 Å². The molecule has 0 aliphatic carbocycles. The van der Waals surface area contributed by atoms with Gasteiger partial charge in [0, 0.05) is 19.3 Å². The van der Waals surface area contributed by atoms with Crippen molar-refractivity contribution < 1.29 is 28.6 Å². The topological polar surface area (TPSA) is 78.9 Å². The molecule has 0 amide bonds. The first kappa shape index (κ1) is 57.6. The molecule has 0 aromatic heterocycles. The second-order valence-electron chi connectivity index (χ2n) is 16.4. The molecule has 0 aliphatic heterocycles. The fourth-order valence-corrected chi connectivity index (χ4v) is 6.64. The van der Waals surface area contributed by atoms with Crippen LogP contribution in [0.4, 0.5) is 0 Å². The summed E-state index contributed by atoms with van der Waals surface area (Å²) in [6.07, 6.45) is 62.9. The van der Waals surface area contributed by atoms with Crippen molar-refractivity contribution in [1.82, 2.24) is 0 Å². The largest absolute Gasteiger partial charge is 0.462 e. The molecule has 0 saturated carbocycles. The average Bonchev–Trinajstić information content (AvgIpc) is 3.26. The molecule has 348 valence electrons. The average molecular weight is 849 g/mol. The number of esters is 3. The highest BCUT2D eigenvalue weighted by atomic mass is 16.6. The van der Waals surface area contributed by atoms with Crippen LogP contribution in [0, 0.1) is 0 Å². The Morgan fingerprint density at radius 2 is 0.705 bits per heavy atom. The third kappa shape index (κ3) is 47.5. The molecular formula is C55H92O6. The van der Waals surface area contributed by atoms with Gasteiger partial charge in [0.15, 0.2) is 6.10 Å². The Morgan fingerprint density at radius 3 is 1.16 bits per heavy atom. The van der Waals surface area contributed by atoms with Crippen molar-refractivity contribution in [2.45, 2.75) is 232 Å². The lowest BCUT2D eigenvalue weighted by molar-refractivity contribution is -0.167. The van der Waals surface area contributed by atoms with Gasteiger partial charge in [-0.3, -0.25) is 14.4 Å². The number of allylic oxidation sites excluding steroid dienone is 14. The third-order valence-electron chi connectivity index (χ3n) is 10.4. The van der Waals surface area contributed by atoms with Crippen molar-refractivity contribution in [3.05, 3.63) is 85.1 Å². The molecule has 0 aromatic rings. The number of carbonyl (C=O) groups is 3. The van der Waals surface area contributed by atoms with E-state index in [0.717, 1.165) is 89.9 Å². The Kier molecular flexibility index (Phi) is 46.5. The summed E-state index contributed by atoms with van der Waals surface area (Å²) in [4.78, 5) is 37.8. The first-order valence-corrected chi connectivity index (χ1v) is 25.1. The number of ether oxygens (including phenoxy) is 3. The van der Waals surface area contributed by atoms with Crippen LogP contribution >= 0.6 is 0 Å². The highest BCUT2D eigenvalue weighted by Crippen LogP contribution is 2.13. The number of carbonyl (C=O) groups excluding carboxylic acids is 3. The molecule has 6 nitrogen and oxygen atoms in total. The van der Waals surface area contributed by atoms with Crippen molar-refractivity contribution in [3.8, 4) is 0 Å². The fraction of sp³-hybridized carbons (Fsp3) is 0.691. The van der Waals surface area contributed by atoms with E-state index in [-0.39, 0.29) is 44.0 Å². The second kappa shape index (κ2) is 49.2. The molecule has 0 N–H and O–H groups in total. The maximum Gasteiger partial charge on any atom is 0.306 e. The summed E-state index contributed by atoms with van der Waals surface area (Å²) in [7, 11) is 0. The van der Waals surface area contributed by atoms with Crippen molar-refractivity contribution in [2.75, 3.05) is 13.2 Å². The van der Waals surface area contributed by atoms with Crippen LogP contribution in [0.1, 0.15) is 226 Å². The zero-order valence-electron chi connectivity index (χ0n) is 39.7. The molecule has 0 radical (unpaired) electrons. The monoisotopic (exact) mass is 849 g/mol. The Labute approximate surface area is 375 Å². The minimum Gasteiger partial charge on any atom is -0.462 e. The van der Waals surface area contributed by atoms with Gasteiger partial charge in [-0.15, -0.1) is 0 Å². The Bertz CT molecular complexity index is 1200. The summed E-state index contributed by atoms with van der Waals surface area (Å²) in [5, 5.41) is 0. The fourth-order valence-electron chi connectivity index (χ4n) is 6.64. The molecule has 1 atom stereocenters. The molecule has 0 spiro atoms. The van der Waals surface area contributed by atoms with E-state index >= 15 is 0 Å². The van der Waals surface area contributed by atoms with Gasteiger partial charge in [-0.25, -0.2) is 0 Å². The predicted molar refractivity (Wildman–Crippen MR) is 261 cm³/mol. The molecule has 6 heteroatoms. The molecular weight excluding hydrogens is 757 g/mol. The zero-order valence-corrected chi connectivity index (χ0v) is 39.7. The molecule has 0 aromatic carbocycles. The van der Waals surface area contributed by atoms with Gasteiger partial charge in [-0.1, -0.05) is 209 Å². The zero-order chi connectivity index (χ0) is 44.4. The smallest absolute Gasteiger partial charge is 0.306 e. The summed E-state index contributed by atoms with van der Waals surface area (Å²) in [5.41, 5.74) is 0. The van der Waals surface area contributed by atoms with Crippen molar-refractivity contribution >= 4 is 17.9 Å². The minimum absolute atomic E-state index is 0.104. The maximum atomic E-state index is 12.8. The van der Waals surface area contributed by atoms with Crippen LogP contribution in [0.2, 0.25) is 0 Å². The van der Waals surface area contributed by atoms with E-state index in [0.29, 0.717) is 12.8 Å². The summed E-state index contributed by atoms with van der Waals surface area (Å²) in [6, 6.07) is 0. The van der Waals surface area contributed by atoms with Gasteiger partial charge in [0.2, 0.25) is 0 Å². The molecule has 61 heavy (non-hydrogen) atoms. The maximum absolute atomic E-state index is 12.8. The summed E-state index contributed by atoms with van der Waals surface area (Å²) >= 11 is 0. The highest BCUT2D eigenvalue weighted by Gasteiger charge is 2.19. The number of unbranched alkanes of at least 4 members (excludes halogenated alkanes) is 20. The summed E-state index contributed by atoms with van der Waals surface area (Å²) in [5.74, 6) is -0.996. The lowest BCUT2D eigenvalue weighted by Gasteiger charge is -2.18. The van der Waals surface area contributed by atoms with E-state index in [1.807, 2.05) is 0 Å². The van der Waals surface area contributed by atoms with Crippen LogP contribution < -0.4 is 0 Å². The number of rotatable bonds is 44. The molecule has 0 aliphatic rings. The van der Waals surface area contributed by atoms with Crippen molar-refractivity contribution in [1.29, 1.82) is 0 Å². The van der Waals surface area contributed by atoms with Crippen molar-refractivity contribution in [3.63, 3.8) is 0 Å². The first-order chi connectivity index (χ1) is 30.0. The predicted octanol–water partition coefficient (Wildman–Crippen LogP) is 16.4. The molecule has 0 bridgehead atoms. The van der Waals surface area contributed by atoms with Gasteiger partial charge in [0.1, 0.15) is 13.2 Å². The van der Waals surface area contributed by atoms with Gasteiger partial charge in [-0.05, 0) is 83.5 Å². The Morgan fingerprint density at radius 1 is 0.361 bits per heavy atom. The molecule has 1 unspecified atom stereocenters. The van der Waals surface area contributed by atoms with Crippen LogP contribution in [0.5, 0.6) is 0 Å². The van der Waals surface area contributed by atoms with Gasteiger partial charge < -0.3 is 14.2 Å². The second-order valence-corrected chi connectivity index (χ2v) is 16.4. The van der Waals surface area contributed by atoms with Gasteiger partial charge >= 0.3 is 17.9 Å². The van der Waals surface area contributed by atoms with Crippen molar-refractivity contribution in [2.24, 2.45) is 0 Å². The van der Waals surface area contributed by atoms with Crippen LogP contribution in [0.25, 0.3) is 0 Å². The molecule has 0 rings (SSSR count). The lowest BCUT2D eigenvalue weighted by Crippen LogP contribution is -2.30. The molecule has 0 fully saturated rings. The highest BCUT2D eigenvalue weighted by molar-refractivity contribution is 5.71. The van der Waals surface area contributed by atoms with E-state index in [2.05, 4.69) is 106 Å². The van der Waals surface area contributed by atoms with Gasteiger partial charge in [-0.2, -0.15) is 0 Å². The van der Waals surface area contributed by atoms with E-state index < -0.39 is 6.10 Å². The van der Waals surface area contributed by atoms with E-state index in [1.54, 1.807) is 0 Å².